The highest BCUT2D eigenvalue weighted by molar-refractivity contribution is 5.78. The summed E-state index contributed by atoms with van der Waals surface area (Å²) in [5.41, 5.74) is 5.20. The maximum atomic E-state index is 11.2. The van der Waals surface area contributed by atoms with Crippen molar-refractivity contribution in [2.24, 2.45) is 5.73 Å². The Morgan fingerprint density at radius 2 is 1.67 bits per heavy atom. The number of nitrogens with two attached hydrogens (primary N) is 1. The minimum Gasteiger partial charge on any atom is -0.356 e. The fraction of sp³-hybridized carbons (Fsp3) is 0.800. The Labute approximate surface area is 90.8 Å². The van der Waals surface area contributed by atoms with Gasteiger partial charge < -0.3 is 16.4 Å². The van der Waals surface area contributed by atoms with Crippen LogP contribution in [0.3, 0.4) is 0 Å². The molecule has 0 aliphatic rings. The number of nitrogens with one attached hydrogen (secondary N) is 2. The molecule has 0 heterocycles. The summed E-state index contributed by atoms with van der Waals surface area (Å²) in [6, 6.07) is 0. The van der Waals surface area contributed by atoms with Crippen LogP contribution in [0.15, 0.2) is 0 Å². The Morgan fingerprint density at radius 3 is 2.27 bits per heavy atom. The summed E-state index contributed by atoms with van der Waals surface area (Å²) in [7, 11) is 0. The van der Waals surface area contributed by atoms with Crippen molar-refractivity contribution in [3.05, 3.63) is 0 Å². The maximum absolute atomic E-state index is 11.2. The number of rotatable bonds is 8. The first-order chi connectivity index (χ1) is 7.20. The lowest BCUT2D eigenvalue weighted by Gasteiger charge is -2.05. The lowest BCUT2D eigenvalue weighted by atomic mass is 10.3. The predicted molar refractivity (Wildman–Crippen MR) is 59.2 cm³/mol. The van der Waals surface area contributed by atoms with Crippen molar-refractivity contribution in [2.75, 3.05) is 19.6 Å². The van der Waals surface area contributed by atoms with Gasteiger partial charge in [0.2, 0.25) is 11.8 Å². The molecule has 0 saturated carbocycles. The molecule has 4 N–H and O–H groups in total. The zero-order chi connectivity index (χ0) is 11.5. The Hall–Kier alpha value is -1.10. The van der Waals surface area contributed by atoms with E-state index in [9.17, 15) is 9.59 Å². The molecule has 88 valence electrons. The molecule has 0 spiro atoms. The van der Waals surface area contributed by atoms with Crippen LogP contribution < -0.4 is 16.4 Å². The zero-order valence-electron chi connectivity index (χ0n) is 9.34. The standard InChI is InChI=1S/C10H21N3O2/c1-2-3-7-12-10(15)5-8-13-9(14)4-6-11/h2-8,11H2,1H3,(H,12,15)(H,13,14). The van der Waals surface area contributed by atoms with Gasteiger partial charge in [-0.15, -0.1) is 0 Å². The monoisotopic (exact) mass is 215 g/mol. The van der Waals surface area contributed by atoms with Gasteiger partial charge in [0.15, 0.2) is 0 Å². The molecule has 0 rings (SSSR count). The number of hydrogen-bond donors (Lipinski definition) is 3. The van der Waals surface area contributed by atoms with Gasteiger partial charge in [0.25, 0.3) is 0 Å². The van der Waals surface area contributed by atoms with Gasteiger partial charge in [-0.05, 0) is 6.42 Å². The Bertz CT molecular complexity index is 195. The van der Waals surface area contributed by atoms with Gasteiger partial charge in [-0.3, -0.25) is 9.59 Å². The van der Waals surface area contributed by atoms with Gasteiger partial charge >= 0.3 is 0 Å². The van der Waals surface area contributed by atoms with E-state index in [1.165, 1.54) is 0 Å². The van der Waals surface area contributed by atoms with E-state index in [-0.39, 0.29) is 11.8 Å². The highest BCUT2D eigenvalue weighted by Gasteiger charge is 2.02. The second kappa shape index (κ2) is 9.45. The topological polar surface area (TPSA) is 84.2 Å². The van der Waals surface area contributed by atoms with E-state index in [2.05, 4.69) is 17.6 Å². The number of hydrogen-bond acceptors (Lipinski definition) is 3. The highest BCUT2D eigenvalue weighted by atomic mass is 16.2. The van der Waals surface area contributed by atoms with E-state index in [4.69, 9.17) is 5.73 Å². The number of carbonyl (C=O) groups is 2. The summed E-state index contributed by atoms with van der Waals surface area (Å²) in [6.45, 7) is 3.51. The van der Waals surface area contributed by atoms with E-state index in [1.54, 1.807) is 0 Å². The molecule has 0 fully saturated rings. The van der Waals surface area contributed by atoms with Gasteiger partial charge in [-0.25, -0.2) is 0 Å². The molecule has 0 bridgehead atoms. The minimum absolute atomic E-state index is 0.0171. The van der Waals surface area contributed by atoms with Gasteiger partial charge in [0, 0.05) is 32.5 Å². The molecule has 0 aromatic carbocycles. The van der Waals surface area contributed by atoms with Crippen LogP contribution in [0.1, 0.15) is 32.6 Å². The third-order valence-corrected chi connectivity index (χ3v) is 1.90. The molecule has 0 aromatic heterocycles. The summed E-state index contributed by atoms with van der Waals surface area (Å²) in [6.07, 6.45) is 2.70. The van der Waals surface area contributed by atoms with Crippen LogP contribution in [0.5, 0.6) is 0 Å². The lowest BCUT2D eigenvalue weighted by molar-refractivity contribution is -0.122. The van der Waals surface area contributed by atoms with Crippen molar-refractivity contribution in [2.45, 2.75) is 32.6 Å². The molecular weight excluding hydrogens is 194 g/mol. The SMILES string of the molecule is CCCCNC(=O)CCNC(=O)CCN. The van der Waals surface area contributed by atoms with E-state index < -0.39 is 0 Å². The highest BCUT2D eigenvalue weighted by Crippen LogP contribution is 1.84. The largest absolute Gasteiger partial charge is 0.356 e. The predicted octanol–water partition coefficient (Wildman–Crippen LogP) is -0.242. The Kier molecular flexibility index (Phi) is 8.76. The molecule has 15 heavy (non-hydrogen) atoms. The molecule has 0 aromatic rings. The molecular formula is C10H21N3O2. The summed E-state index contributed by atoms with van der Waals surface area (Å²) in [5, 5.41) is 5.40. The molecule has 0 atom stereocenters. The molecule has 0 aliphatic carbocycles. The van der Waals surface area contributed by atoms with Crippen LogP contribution in [0.25, 0.3) is 0 Å². The van der Waals surface area contributed by atoms with Crippen LogP contribution in [-0.4, -0.2) is 31.4 Å². The summed E-state index contributed by atoms with van der Waals surface area (Å²) in [4.78, 5) is 22.1. The summed E-state index contributed by atoms with van der Waals surface area (Å²) in [5.74, 6) is -0.115. The van der Waals surface area contributed by atoms with Crippen molar-refractivity contribution in [1.29, 1.82) is 0 Å². The molecule has 0 radical (unpaired) electrons. The number of unbranched alkanes of at least 4 members (excludes halogenated alkanes) is 1. The van der Waals surface area contributed by atoms with Crippen LogP contribution in [-0.2, 0) is 9.59 Å². The molecule has 2 amide bonds. The van der Waals surface area contributed by atoms with Crippen molar-refractivity contribution < 1.29 is 9.59 Å². The number of carbonyl (C=O) groups excluding carboxylic acids is 2. The van der Waals surface area contributed by atoms with Crippen LogP contribution in [0.4, 0.5) is 0 Å². The third-order valence-electron chi connectivity index (χ3n) is 1.90. The lowest BCUT2D eigenvalue weighted by Crippen LogP contribution is -2.31. The van der Waals surface area contributed by atoms with E-state index in [1.807, 2.05) is 0 Å². The fourth-order valence-electron chi connectivity index (χ4n) is 1.03. The second-order valence-corrected chi connectivity index (χ2v) is 3.34. The summed E-state index contributed by atoms with van der Waals surface area (Å²) < 4.78 is 0. The molecule has 0 unspecified atom stereocenters. The van der Waals surface area contributed by atoms with E-state index in [0.717, 1.165) is 12.8 Å². The minimum atomic E-state index is -0.0983. The van der Waals surface area contributed by atoms with Crippen LogP contribution in [0.2, 0.25) is 0 Å². The van der Waals surface area contributed by atoms with Gasteiger partial charge in [-0.2, -0.15) is 0 Å². The van der Waals surface area contributed by atoms with Crippen molar-refractivity contribution >= 4 is 11.8 Å². The summed E-state index contributed by atoms with van der Waals surface area (Å²) >= 11 is 0. The normalized spacial score (nSPS) is 9.73. The first-order valence-corrected chi connectivity index (χ1v) is 5.44. The van der Waals surface area contributed by atoms with Gasteiger partial charge in [-0.1, -0.05) is 13.3 Å². The van der Waals surface area contributed by atoms with Crippen molar-refractivity contribution in [3.8, 4) is 0 Å². The van der Waals surface area contributed by atoms with Crippen molar-refractivity contribution in [1.82, 2.24) is 10.6 Å². The first-order valence-electron chi connectivity index (χ1n) is 5.44. The van der Waals surface area contributed by atoms with Crippen LogP contribution in [0, 0.1) is 0 Å². The van der Waals surface area contributed by atoms with Gasteiger partial charge in [0.1, 0.15) is 0 Å². The zero-order valence-corrected chi connectivity index (χ0v) is 9.34. The van der Waals surface area contributed by atoms with Crippen LogP contribution >= 0.6 is 0 Å². The number of amides is 2. The third kappa shape index (κ3) is 9.21. The molecule has 5 heteroatoms. The average Bonchev–Trinajstić information content (AvgIpc) is 2.18. The van der Waals surface area contributed by atoms with E-state index in [0.29, 0.717) is 32.5 Å². The fourth-order valence-corrected chi connectivity index (χ4v) is 1.03. The van der Waals surface area contributed by atoms with Crippen molar-refractivity contribution in [3.63, 3.8) is 0 Å². The average molecular weight is 215 g/mol. The molecule has 0 aliphatic heterocycles. The second-order valence-electron chi connectivity index (χ2n) is 3.34. The molecule has 5 nitrogen and oxygen atoms in total. The Morgan fingerprint density at radius 1 is 1.07 bits per heavy atom. The molecule has 0 saturated heterocycles. The smallest absolute Gasteiger partial charge is 0.221 e. The maximum Gasteiger partial charge on any atom is 0.221 e. The Balaban J connectivity index is 3.34. The first kappa shape index (κ1) is 13.9. The quantitative estimate of drug-likeness (QED) is 0.488. The van der Waals surface area contributed by atoms with Gasteiger partial charge in [0.05, 0.1) is 0 Å². The van der Waals surface area contributed by atoms with E-state index >= 15 is 0 Å².